The number of halogens is 3. The van der Waals surface area contributed by atoms with Gasteiger partial charge in [-0.3, -0.25) is 0 Å². The third-order valence-electron chi connectivity index (χ3n) is 2.59. The SMILES string of the molecule is CC(C)c1cc(-c2cccc(C(F)(F)F)c2)on1. The van der Waals surface area contributed by atoms with E-state index in [-0.39, 0.29) is 5.92 Å². The maximum atomic E-state index is 12.6. The van der Waals surface area contributed by atoms with Crippen molar-refractivity contribution in [3.05, 3.63) is 41.6 Å². The van der Waals surface area contributed by atoms with Gasteiger partial charge in [0.25, 0.3) is 0 Å². The summed E-state index contributed by atoms with van der Waals surface area (Å²) in [7, 11) is 0. The van der Waals surface area contributed by atoms with E-state index in [0.29, 0.717) is 11.3 Å². The first-order valence-corrected chi connectivity index (χ1v) is 5.52. The van der Waals surface area contributed by atoms with Gasteiger partial charge in [0.05, 0.1) is 11.3 Å². The van der Waals surface area contributed by atoms with E-state index in [9.17, 15) is 13.2 Å². The molecule has 96 valence electrons. The summed E-state index contributed by atoms with van der Waals surface area (Å²) in [6.45, 7) is 3.88. The molecule has 0 fully saturated rings. The van der Waals surface area contributed by atoms with Gasteiger partial charge in [-0.2, -0.15) is 13.2 Å². The van der Waals surface area contributed by atoms with E-state index in [1.807, 2.05) is 13.8 Å². The van der Waals surface area contributed by atoms with Crippen LogP contribution in [0, 0.1) is 0 Å². The lowest BCUT2D eigenvalue weighted by Crippen LogP contribution is -2.04. The summed E-state index contributed by atoms with van der Waals surface area (Å²) in [6, 6.07) is 6.68. The van der Waals surface area contributed by atoms with Gasteiger partial charge in [0.2, 0.25) is 0 Å². The van der Waals surface area contributed by atoms with Crippen LogP contribution < -0.4 is 0 Å². The van der Waals surface area contributed by atoms with Gasteiger partial charge in [0, 0.05) is 11.6 Å². The molecule has 0 spiro atoms. The van der Waals surface area contributed by atoms with Crippen molar-refractivity contribution in [1.29, 1.82) is 0 Å². The van der Waals surface area contributed by atoms with Crippen molar-refractivity contribution in [2.24, 2.45) is 0 Å². The molecule has 0 radical (unpaired) electrons. The largest absolute Gasteiger partial charge is 0.416 e. The van der Waals surface area contributed by atoms with Gasteiger partial charge in [-0.05, 0) is 18.1 Å². The quantitative estimate of drug-likeness (QED) is 0.790. The molecule has 0 N–H and O–H groups in total. The zero-order valence-electron chi connectivity index (χ0n) is 9.95. The van der Waals surface area contributed by atoms with E-state index in [2.05, 4.69) is 5.16 Å². The average molecular weight is 255 g/mol. The Balaban J connectivity index is 2.38. The molecule has 1 heterocycles. The summed E-state index contributed by atoms with van der Waals surface area (Å²) in [5.74, 6) is 0.526. The Morgan fingerprint density at radius 1 is 1.17 bits per heavy atom. The predicted octanol–water partition coefficient (Wildman–Crippen LogP) is 4.48. The zero-order valence-corrected chi connectivity index (χ0v) is 9.95. The zero-order chi connectivity index (χ0) is 13.3. The van der Waals surface area contributed by atoms with Crippen molar-refractivity contribution >= 4 is 0 Å². The molecule has 0 unspecified atom stereocenters. The van der Waals surface area contributed by atoms with Gasteiger partial charge < -0.3 is 4.52 Å². The van der Waals surface area contributed by atoms with E-state index < -0.39 is 11.7 Å². The molecule has 18 heavy (non-hydrogen) atoms. The predicted molar refractivity (Wildman–Crippen MR) is 61.0 cm³/mol. The van der Waals surface area contributed by atoms with Crippen LogP contribution in [0.1, 0.15) is 31.0 Å². The van der Waals surface area contributed by atoms with Crippen molar-refractivity contribution < 1.29 is 17.7 Å². The van der Waals surface area contributed by atoms with Crippen molar-refractivity contribution in [3.8, 4) is 11.3 Å². The molecule has 2 aromatic rings. The first-order chi connectivity index (χ1) is 8.38. The molecule has 0 aliphatic carbocycles. The summed E-state index contributed by atoms with van der Waals surface area (Å²) < 4.78 is 42.8. The molecule has 0 bridgehead atoms. The number of nitrogens with zero attached hydrogens (tertiary/aromatic N) is 1. The first kappa shape index (κ1) is 12.7. The number of rotatable bonds is 2. The molecule has 0 saturated heterocycles. The lowest BCUT2D eigenvalue weighted by atomic mass is 10.1. The lowest BCUT2D eigenvalue weighted by Gasteiger charge is -2.06. The Labute approximate surface area is 102 Å². The van der Waals surface area contributed by atoms with Crippen LogP contribution in [0.25, 0.3) is 11.3 Å². The van der Waals surface area contributed by atoms with E-state index in [1.165, 1.54) is 6.07 Å². The van der Waals surface area contributed by atoms with E-state index >= 15 is 0 Å². The Morgan fingerprint density at radius 2 is 1.89 bits per heavy atom. The van der Waals surface area contributed by atoms with Gasteiger partial charge >= 0.3 is 6.18 Å². The number of aromatic nitrogens is 1. The number of benzene rings is 1. The van der Waals surface area contributed by atoms with Gasteiger partial charge in [-0.25, -0.2) is 0 Å². The fraction of sp³-hybridized carbons (Fsp3) is 0.308. The van der Waals surface area contributed by atoms with Crippen LogP contribution in [-0.4, -0.2) is 5.16 Å². The van der Waals surface area contributed by atoms with Crippen molar-refractivity contribution in [2.75, 3.05) is 0 Å². The summed E-state index contributed by atoms with van der Waals surface area (Å²) in [5, 5.41) is 3.83. The third kappa shape index (κ3) is 2.55. The van der Waals surface area contributed by atoms with E-state index in [4.69, 9.17) is 4.52 Å². The Bertz CT molecular complexity index is 543. The molecule has 1 aromatic heterocycles. The molecule has 1 aromatic carbocycles. The Morgan fingerprint density at radius 3 is 2.44 bits per heavy atom. The topological polar surface area (TPSA) is 26.0 Å². The van der Waals surface area contributed by atoms with E-state index in [0.717, 1.165) is 17.8 Å². The van der Waals surface area contributed by atoms with Crippen LogP contribution in [0.2, 0.25) is 0 Å². The van der Waals surface area contributed by atoms with Crippen LogP contribution in [0.15, 0.2) is 34.9 Å². The summed E-state index contributed by atoms with van der Waals surface area (Å²) in [5.41, 5.74) is 0.411. The standard InChI is InChI=1S/C13H12F3NO/c1-8(2)11-7-12(18-17-11)9-4-3-5-10(6-9)13(14,15)16/h3-8H,1-2H3. The maximum Gasteiger partial charge on any atom is 0.416 e. The highest BCUT2D eigenvalue weighted by Crippen LogP contribution is 2.32. The van der Waals surface area contributed by atoms with Crippen LogP contribution in [0.3, 0.4) is 0 Å². The van der Waals surface area contributed by atoms with Gasteiger partial charge in [0.1, 0.15) is 0 Å². The van der Waals surface area contributed by atoms with Crippen LogP contribution in [-0.2, 0) is 6.18 Å². The molecule has 5 heteroatoms. The van der Waals surface area contributed by atoms with Crippen molar-refractivity contribution in [3.63, 3.8) is 0 Å². The second kappa shape index (κ2) is 4.48. The molecule has 0 aliphatic rings. The third-order valence-corrected chi connectivity index (χ3v) is 2.59. The normalized spacial score (nSPS) is 12.1. The lowest BCUT2D eigenvalue weighted by molar-refractivity contribution is -0.137. The van der Waals surface area contributed by atoms with Crippen molar-refractivity contribution in [2.45, 2.75) is 25.9 Å². The van der Waals surface area contributed by atoms with Gasteiger partial charge in [-0.15, -0.1) is 0 Å². The number of hydrogen-bond donors (Lipinski definition) is 0. The second-order valence-electron chi connectivity index (χ2n) is 4.35. The molecule has 2 nitrogen and oxygen atoms in total. The highest BCUT2D eigenvalue weighted by Gasteiger charge is 2.30. The van der Waals surface area contributed by atoms with Gasteiger partial charge in [0.15, 0.2) is 5.76 Å². The molecule has 0 amide bonds. The number of alkyl halides is 3. The van der Waals surface area contributed by atoms with Crippen molar-refractivity contribution in [1.82, 2.24) is 5.16 Å². The molecule has 0 saturated carbocycles. The fourth-order valence-electron chi connectivity index (χ4n) is 1.55. The average Bonchev–Trinajstić information content (AvgIpc) is 2.77. The highest BCUT2D eigenvalue weighted by molar-refractivity contribution is 5.58. The van der Waals surface area contributed by atoms with Crippen LogP contribution in [0.5, 0.6) is 0 Å². The highest BCUT2D eigenvalue weighted by atomic mass is 19.4. The molecule has 0 aliphatic heterocycles. The molecule has 2 rings (SSSR count). The number of hydrogen-bond acceptors (Lipinski definition) is 2. The van der Waals surface area contributed by atoms with E-state index in [1.54, 1.807) is 12.1 Å². The fourth-order valence-corrected chi connectivity index (χ4v) is 1.55. The first-order valence-electron chi connectivity index (χ1n) is 5.52. The Hall–Kier alpha value is -1.78. The maximum absolute atomic E-state index is 12.6. The van der Waals surface area contributed by atoms with Crippen LogP contribution >= 0.6 is 0 Å². The molecular formula is C13H12F3NO. The smallest absolute Gasteiger partial charge is 0.356 e. The molecule has 0 atom stereocenters. The molecular weight excluding hydrogens is 243 g/mol. The Kier molecular flexibility index (Phi) is 3.15. The minimum Gasteiger partial charge on any atom is -0.356 e. The summed E-state index contributed by atoms with van der Waals surface area (Å²) >= 11 is 0. The van der Waals surface area contributed by atoms with Gasteiger partial charge in [-0.1, -0.05) is 31.1 Å². The minimum absolute atomic E-state index is 0.174. The second-order valence-corrected chi connectivity index (χ2v) is 4.35. The monoisotopic (exact) mass is 255 g/mol. The van der Waals surface area contributed by atoms with Crippen LogP contribution in [0.4, 0.5) is 13.2 Å². The summed E-state index contributed by atoms with van der Waals surface area (Å²) in [6.07, 6.45) is -4.35. The summed E-state index contributed by atoms with van der Waals surface area (Å²) in [4.78, 5) is 0. The minimum atomic E-state index is -4.35.